The highest BCUT2D eigenvalue weighted by Gasteiger charge is 2.40. The Bertz CT molecular complexity index is 526. The summed E-state index contributed by atoms with van der Waals surface area (Å²) in [6.45, 7) is 8.82. The fourth-order valence-electron chi connectivity index (χ4n) is 1.70. The Morgan fingerprint density at radius 3 is 1.94 bits per heavy atom. The zero-order valence-corrected chi connectivity index (χ0v) is 12.1. The number of aliphatic hydroxyl groups is 1. The van der Waals surface area contributed by atoms with Crippen molar-refractivity contribution in [1.29, 1.82) is 0 Å². The van der Waals surface area contributed by atoms with Gasteiger partial charge in [-0.3, -0.25) is 0 Å². The Labute approximate surface area is 103 Å². The molecule has 1 aromatic rings. The number of nitrogens with one attached hydrogen (secondary N) is 1. The molecule has 5 heteroatoms. The van der Waals surface area contributed by atoms with Gasteiger partial charge in [0.1, 0.15) is 6.10 Å². The highest BCUT2D eigenvalue weighted by atomic mass is 32.2. The highest BCUT2D eigenvalue weighted by Crippen LogP contribution is 2.34. The molecule has 98 valence electrons. The van der Waals surface area contributed by atoms with Crippen molar-refractivity contribution in [2.24, 2.45) is 0 Å². The summed E-state index contributed by atoms with van der Waals surface area (Å²) in [7, 11) is -3.34. The summed E-state index contributed by atoms with van der Waals surface area (Å²) in [4.78, 5) is 3.08. The number of H-pyrrole nitrogens is 1. The van der Waals surface area contributed by atoms with Gasteiger partial charge in [-0.25, -0.2) is 8.42 Å². The van der Waals surface area contributed by atoms with Crippen LogP contribution in [0.5, 0.6) is 0 Å². The van der Waals surface area contributed by atoms with Crippen molar-refractivity contribution < 1.29 is 13.5 Å². The second-order valence-corrected chi connectivity index (χ2v) is 7.79. The molecule has 0 bridgehead atoms. The van der Waals surface area contributed by atoms with Crippen molar-refractivity contribution >= 4 is 9.84 Å². The Morgan fingerprint density at radius 2 is 1.65 bits per heavy atom. The molecule has 1 atom stereocenters. The monoisotopic (exact) mass is 259 g/mol. The zero-order valence-electron chi connectivity index (χ0n) is 11.2. The third-order valence-electron chi connectivity index (χ3n) is 3.74. The fourth-order valence-corrected chi connectivity index (χ4v) is 2.22. The molecule has 0 aromatic carbocycles. The number of hydrogen-bond acceptors (Lipinski definition) is 3. The van der Waals surface area contributed by atoms with Crippen LogP contribution >= 0.6 is 0 Å². The van der Waals surface area contributed by atoms with Gasteiger partial charge >= 0.3 is 0 Å². The van der Waals surface area contributed by atoms with Gasteiger partial charge in [0.15, 0.2) is 9.84 Å². The van der Waals surface area contributed by atoms with Gasteiger partial charge in [0.2, 0.25) is 0 Å². The summed E-state index contributed by atoms with van der Waals surface area (Å²) in [5, 5.41) is 10.3. The molecule has 0 aliphatic rings. The molecule has 0 aliphatic heterocycles. The molecule has 1 heterocycles. The van der Waals surface area contributed by atoms with Crippen LogP contribution < -0.4 is 0 Å². The third kappa shape index (κ3) is 2.26. The molecule has 4 nitrogen and oxygen atoms in total. The smallest absolute Gasteiger partial charge is 0.155 e. The molecule has 17 heavy (non-hydrogen) atoms. The minimum absolute atomic E-state index is 0.593. The molecule has 1 aromatic heterocycles. The van der Waals surface area contributed by atoms with Crippen LogP contribution in [0, 0.1) is 20.8 Å². The lowest BCUT2D eigenvalue weighted by Gasteiger charge is -2.28. The SMILES string of the molecule is Cc1[nH]c(C(O)C(C)(C)S(C)(=O)=O)c(C)c1C. The molecule has 0 radical (unpaired) electrons. The summed E-state index contributed by atoms with van der Waals surface area (Å²) < 4.78 is 22.2. The molecular weight excluding hydrogens is 238 g/mol. The Hall–Kier alpha value is -0.810. The summed E-state index contributed by atoms with van der Waals surface area (Å²) >= 11 is 0. The molecule has 0 amide bonds. The maximum atomic E-state index is 11.7. The standard InChI is InChI=1S/C12H21NO3S/c1-7-8(2)10(13-9(7)3)11(14)12(4,5)17(6,15)16/h11,13-14H,1-6H3. The average molecular weight is 259 g/mol. The quantitative estimate of drug-likeness (QED) is 0.869. The van der Waals surface area contributed by atoms with E-state index in [0.717, 1.165) is 23.1 Å². The van der Waals surface area contributed by atoms with Crippen LogP contribution in [-0.4, -0.2) is 29.5 Å². The number of aromatic amines is 1. The Kier molecular flexibility index (Phi) is 3.47. The van der Waals surface area contributed by atoms with Crippen molar-refractivity contribution in [2.45, 2.75) is 45.5 Å². The normalized spacial score (nSPS) is 15.0. The summed E-state index contributed by atoms with van der Waals surface area (Å²) in [5.41, 5.74) is 3.53. The molecule has 0 saturated carbocycles. The number of rotatable bonds is 3. The number of aromatic nitrogens is 1. The van der Waals surface area contributed by atoms with E-state index in [1.54, 1.807) is 0 Å². The first-order valence-electron chi connectivity index (χ1n) is 5.53. The van der Waals surface area contributed by atoms with Crippen LogP contribution in [0.4, 0.5) is 0 Å². The van der Waals surface area contributed by atoms with E-state index in [9.17, 15) is 13.5 Å². The topological polar surface area (TPSA) is 70.2 Å². The van der Waals surface area contributed by atoms with E-state index in [1.807, 2.05) is 20.8 Å². The molecule has 2 N–H and O–H groups in total. The van der Waals surface area contributed by atoms with Gasteiger partial charge in [-0.05, 0) is 45.7 Å². The van der Waals surface area contributed by atoms with Crippen LogP contribution in [0.1, 0.15) is 42.5 Å². The van der Waals surface area contributed by atoms with Crippen LogP contribution in [-0.2, 0) is 9.84 Å². The first kappa shape index (κ1) is 14.3. The Balaban J connectivity index is 3.31. The zero-order chi connectivity index (χ0) is 13.6. The molecule has 0 saturated heterocycles. The summed E-state index contributed by atoms with van der Waals surface area (Å²) in [6.07, 6.45) is 0.0960. The van der Waals surface area contributed by atoms with Crippen molar-refractivity contribution in [2.75, 3.05) is 6.26 Å². The van der Waals surface area contributed by atoms with E-state index in [0.29, 0.717) is 5.69 Å². The number of aliphatic hydroxyl groups excluding tert-OH is 1. The molecule has 1 rings (SSSR count). The fraction of sp³-hybridized carbons (Fsp3) is 0.667. The Morgan fingerprint density at radius 1 is 1.18 bits per heavy atom. The van der Waals surface area contributed by atoms with Gasteiger partial charge in [0.25, 0.3) is 0 Å². The molecular formula is C12H21NO3S. The van der Waals surface area contributed by atoms with Gasteiger partial charge in [-0.1, -0.05) is 0 Å². The summed E-state index contributed by atoms with van der Waals surface area (Å²) in [6, 6.07) is 0. The highest BCUT2D eigenvalue weighted by molar-refractivity contribution is 7.92. The summed E-state index contributed by atoms with van der Waals surface area (Å²) in [5.74, 6) is 0. The van der Waals surface area contributed by atoms with E-state index >= 15 is 0 Å². The van der Waals surface area contributed by atoms with Gasteiger partial charge < -0.3 is 10.1 Å². The van der Waals surface area contributed by atoms with E-state index in [-0.39, 0.29) is 0 Å². The second-order valence-electron chi connectivity index (χ2n) is 5.19. The van der Waals surface area contributed by atoms with E-state index < -0.39 is 20.7 Å². The first-order valence-corrected chi connectivity index (χ1v) is 7.42. The van der Waals surface area contributed by atoms with E-state index in [1.165, 1.54) is 13.8 Å². The van der Waals surface area contributed by atoms with E-state index in [2.05, 4.69) is 4.98 Å². The lowest BCUT2D eigenvalue weighted by atomic mass is 9.99. The predicted octanol–water partition coefficient (Wildman–Crippen LogP) is 1.80. The van der Waals surface area contributed by atoms with Crippen molar-refractivity contribution in [3.63, 3.8) is 0 Å². The maximum Gasteiger partial charge on any atom is 0.155 e. The molecule has 1 unspecified atom stereocenters. The van der Waals surface area contributed by atoms with Gasteiger partial charge in [0, 0.05) is 17.6 Å². The van der Waals surface area contributed by atoms with Gasteiger partial charge in [0.05, 0.1) is 4.75 Å². The predicted molar refractivity (Wildman–Crippen MR) is 68.9 cm³/mol. The maximum absolute atomic E-state index is 11.7. The van der Waals surface area contributed by atoms with E-state index in [4.69, 9.17) is 0 Å². The van der Waals surface area contributed by atoms with Crippen molar-refractivity contribution in [1.82, 2.24) is 4.98 Å². The lowest BCUT2D eigenvalue weighted by molar-refractivity contribution is 0.135. The van der Waals surface area contributed by atoms with Gasteiger partial charge in [-0.2, -0.15) is 0 Å². The first-order chi connectivity index (χ1) is 7.50. The van der Waals surface area contributed by atoms with Crippen molar-refractivity contribution in [3.8, 4) is 0 Å². The van der Waals surface area contributed by atoms with Crippen molar-refractivity contribution in [3.05, 3.63) is 22.5 Å². The second kappa shape index (κ2) is 4.14. The number of sulfone groups is 1. The third-order valence-corrected chi connectivity index (χ3v) is 5.87. The number of aryl methyl sites for hydroxylation is 1. The molecule has 0 spiro atoms. The minimum atomic E-state index is -3.34. The number of hydrogen-bond donors (Lipinski definition) is 2. The van der Waals surface area contributed by atoms with Crippen LogP contribution in [0.3, 0.4) is 0 Å². The van der Waals surface area contributed by atoms with Gasteiger partial charge in [-0.15, -0.1) is 0 Å². The molecule has 0 aliphatic carbocycles. The minimum Gasteiger partial charge on any atom is -0.385 e. The van der Waals surface area contributed by atoms with Crippen LogP contribution in [0.25, 0.3) is 0 Å². The van der Waals surface area contributed by atoms with Crippen LogP contribution in [0.15, 0.2) is 0 Å². The van der Waals surface area contributed by atoms with Crippen LogP contribution in [0.2, 0.25) is 0 Å². The largest absolute Gasteiger partial charge is 0.385 e. The lowest BCUT2D eigenvalue weighted by Crippen LogP contribution is -2.38. The molecule has 0 fully saturated rings. The average Bonchev–Trinajstić information content (AvgIpc) is 2.43.